The molecule has 3 nitrogen and oxygen atoms in total. The number of halogens is 3. The maximum absolute atomic E-state index is 12.5. The van der Waals surface area contributed by atoms with Crippen LogP contribution in [0.1, 0.15) is 17.6 Å². The lowest BCUT2D eigenvalue weighted by Gasteiger charge is -2.07. The predicted octanol–water partition coefficient (Wildman–Crippen LogP) is 2.34. The zero-order valence-corrected chi connectivity index (χ0v) is 9.99. The molecular weight excluding hydrogens is 319 g/mol. The molecule has 6 heteroatoms. The molecule has 82 valence electrons. The van der Waals surface area contributed by atoms with Crippen LogP contribution in [-0.4, -0.2) is 18.1 Å². The van der Waals surface area contributed by atoms with Gasteiger partial charge in [0.2, 0.25) is 0 Å². The smallest absolute Gasteiger partial charge is 0.309 e. The molecule has 0 bridgehead atoms. The number of hydrogen-bond acceptors (Lipinski definition) is 3. The molecule has 0 N–H and O–H groups in total. The summed E-state index contributed by atoms with van der Waals surface area (Å²) in [6.45, 7) is 0. The maximum atomic E-state index is 12.5. The van der Waals surface area contributed by atoms with Crippen LogP contribution in [0.5, 0.6) is 0 Å². The van der Waals surface area contributed by atoms with Crippen molar-refractivity contribution in [1.29, 1.82) is 0 Å². The summed E-state index contributed by atoms with van der Waals surface area (Å²) in [7, 11) is 1.22. The van der Waals surface area contributed by atoms with Gasteiger partial charge in [-0.15, -0.1) is 0 Å². The van der Waals surface area contributed by atoms with Gasteiger partial charge >= 0.3 is 5.97 Å². The Morgan fingerprint density at radius 2 is 2.33 bits per heavy atom. The van der Waals surface area contributed by atoms with Gasteiger partial charge in [-0.2, -0.15) is 0 Å². The number of esters is 1. The minimum Gasteiger partial charge on any atom is -0.469 e. The second-order valence-corrected chi connectivity index (χ2v) is 3.86. The summed E-state index contributed by atoms with van der Waals surface area (Å²) >= 11 is 1.90. The van der Waals surface area contributed by atoms with Crippen molar-refractivity contribution in [3.63, 3.8) is 0 Å². The van der Waals surface area contributed by atoms with E-state index in [0.717, 1.165) is 6.20 Å². The van der Waals surface area contributed by atoms with Crippen LogP contribution in [0.3, 0.4) is 0 Å². The summed E-state index contributed by atoms with van der Waals surface area (Å²) in [5, 5.41) is 0. The molecule has 0 fully saturated rings. The van der Waals surface area contributed by atoms with Gasteiger partial charge in [0.05, 0.1) is 13.5 Å². The van der Waals surface area contributed by atoms with Gasteiger partial charge in [-0.3, -0.25) is 4.79 Å². The highest BCUT2D eigenvalue weighted by atomic mass is 127. The third-order valence-corrected chi connectivity index (χ3v) is 2.38. The molecule has 1 aromatic rings. The number of carbonyl (C=O) groups is 1. The van der Waals surface area contributed by atoms with Crippen molar-refractivity contribution < 1.29 is 18.3 Å². The standard InChI is InChI=1S/C9H8F2INO2/c1-15-8(14)3-5-2-7(12)13-4-6(5)9(10)11/h2,4,9H,3H2,1H3. The van der Waals surface area contributed by atoms with Crippen molar-refractivity contribution in [3.8, 4) is 0 Å². The van der Waals surface area contributed by atoms with Crippen LogP contribution in [0.15, 0.2) is 12.3 Å². The second kappa shape index (κ2) is 5.34. The van der Waals surface area contributed by atoms with Gasteiger partial charge in [0, 0.05) is 11.8 Å². The fourth-order valence-electron chi connectivity index (χ4n) is 1.06. The molecule has 0 saturated heterocycles. The van der Waals surface area contributed by atoms with Crippen LogP contribution in [-0.2, 0) is 16.0 Å². The Morgan fingerprint density at radius 3 is 2.87 bits per heavy atom. The molecule has 1 aromatic heterocycles. The lowest BCUT2D eigenvalue weighted by molar-refractivity contribution is -0.139. The average molecular weight is 327 g/mol. The number of nitrogens with zero attached hydrogens (tertiary/aromatic N) is 1. The normalized spacial score (nSPS) is 10.5. The maximum Gasteiger partial charge on any atom is 0.309 e. The van der Waals surface area contributed by atoms with Crippen molar-refractivity contribution >= 4 is 28.6 Å². The minimum atomic E-state index is -2.63. The van der Waals surface area contributed by atoms with Crippen molar-refractivity contribution in [3.05, 3.63) is 27.1 Å². The van der Waals surface area contributed by atoms with E-state index in [0.29, 0.717) is 3.70 Å². The molecule has 0 spiro atoms. The van der Waals surface area contributed by atoms with Gasteiger partial charge in [0.15, 0.2) is 0 Å². The zero-order valence-electron chi connectivity index (χ0n) is 7.84. The highest BCUT2D eigenvalue weighted by Crippen LogP contribution is 2.23. The first-order valence-electron chi connectivity index (χ1n) is 4.04. The molecule has 0 unspecified atom stereocenters. The molecule has 15 heavy (non-hydrogen) atoms. The van der Waals surface area contributed by atoms with E-state index in [4.69, 9.17) is 0 Å². The Labute approximate surface area is 99.0 Å². The Bertz CT molecular complexity index is 371. The van der Waals surface area contributed by atoms with Gasteiger partial charge < -0.3 is 4.74 Å². The van der Waals surface area contributed by atoms with Crippen molar-refractivity contribution in [1.82, 2.24) is 4.98 Å². The number of aromatic nitrogens is 1. The van der Waals surface area contributed by atoms with E-state index in [1.54, 1.807) is 0 Å². The lowest BCUT2D eigenvalue weighted by Crippen LogP contribution is -2.08. The quantitative estimate of drug-likeness (QED) is 0.486. The van der Waals surface area contributed by atoms with E-state index in [-0.39, 0.29) is 17.5 Å². The first kappa shape index (κ1) is 12.3. The second-order valence-electron chi connectivity index (χ2n) is 2.76. The third kappa shape index (κ3) is 3.37. The average Bonchev–Trinajstić information content (AvgIpc) is 2.17. The summed E-state index contributed by atoms with van der Waals surface area (Å²) in [5.74, 6) is -0.543. The molecule has 1 rings (SSSR count). The van der Waals surface area contributed by atoms with Crippen LogP contribution < -0.4 is 0 Å². The monoisotopic (exact) mass is 327 g/mol. The minimum absolute atomic E-state index is 0.158. The van der Waals surface area contributed by atoms with Gasteiger partial charge in [0.1, 0.15) is 3.70 Å². The van der Waals surface area contributed by atoms with Gasteiger partial charge in [-0.1, -0.05) is 0 Å². The molecule has 0 aromatic carbocycles. The summed E-state index contributed by atoms with van der Waals surface area (Å²) in [4.78, 5) is 14.7. The Balaban J connectivity index is 3.02. The number of rotatable bonds is 3. The van der Waals surface area contributed by atoms with Crippen LogP contribution in [0.2, 0.25) is 0 Å². The highest BCUT2D eigenvalue weighted by Gasteiger charge is 2.16. The Morgan fingerprint density at radius 1 is 1.67 bits per heavy atom. The number of carbonyl (C=O) groups excluding carboxylic acids is 1. The molecule has 1 heterocycles. The Kier molecular flexibility index (Phi) is 4.37. The van der Waals surface area contributed by atoms with E-state index in [9.17, 15) is 13.6 Å². The zero-order chi connectivity index (χ0) is 11.4. The molecule has 0 aliphatic carbocycles. The van der Waals surface area contributed by atoms with Gasteiger partial charge in [-0.25, -0.2) is 13.8 Å². The molecule has 0 saturated carbocycles. The van der Waals surface area contributed by atoms with E-state index >= 15 is 0 Å². The SMILES string of the molecule is COC(=O)Cc1cc(I)ncc1C(F)F. The van der Waals surface area contributed by atoms with Crippen molar-refractivity contribution in [2.45, 2.75) is 12.8 Å². The fourth-order valence-corrected chi connectivity index (χ4v) is 1.57. The van der Waals surface area contributed by atoms with Crippen molar-refractivity contribution in [2.24, 2.45) is 0 Å². The number of ether oxygens (including phenoxy) is 1. The van der Waals surface area contributed by atoms with E-state index in [1.807, 2.05) is 22.6 Å². The van der Waals surface area contributed by atoms with Gasteiger partial charge in [-0.05, 0) is 34.2 Å². The number of pyridine rings is 1. The van der Waals surface area contributed by atoms with Crippen LogP contribution in [0.4, 0.5) is 8.78 Å². The molecule has 0 aliphatic rings. The summed E-state index contributed by atoms with van der Waals surface area (Å²) in [5.41, 5.74) is 0.0390. The largest absolute Gasteiger partial charge is 0.469 e. The molecule has 0 amide bonds. The van der Waals surface area contributed by atoms with E-state index < -0.39 is 12.4 Å². The Hall–Kier alpha value is -0.790. The first-order valence-corrected chi connectivity index (χ1v) is 5.11. The molecule has 0 atom stereocenters. The highest BCUT2D eigenvalue weighted by molar-refractivity contribution is 14.1. The summed E-state index contributed by atoms with van der Waals surface area (Å²) in [6.07, 6.45) is -1.70. The summed E-state index contributed by atoms with van der Waals surface area (Å²) in [6, 6.07) is 1.46. The first-order chi connectivity index (χ1) is 7.04. The summed E-state index contributed by atoms with van der Waals surface area (Å²) < 4.78 is 30.0. The number of methoxy groups -OCH3 is 1. The third-order valence-electron chi connectivity index (χ3n) is 1.79. The topological polar surface area (TPSA) is 39.2 Å². The number of alkyl halides is 2. The van der Waals surface area contributed by atoms with Crippen LogP contribution in [0, 0.1) is 3.70 Å². The van der Waals surface area contributed by atoms with E-state index in [1.165, 1.54) is 13.2 Å². The molecule has 0 aliphatic heterocycles. The lowest BCUT2D eigenvalue weighted by atomic mass is 10.1. The van der Waals surface area contributed by atoms with Gasteiger partial charge in [0.25, 0.3) is 6.43 Å². The van der Waals surface area contributed by atoms with Crippen molar-refractivity contribution in [2.75, 3.05) is 7.11 Å². The van der Waals surface area contributed by atoms with E-state index in [2.05, 4.69) is 9.72 Å². The molecule has 0 radical (unpaired) electrons. The predicted molar refractivity (Wildman–Crippen MR) is 57.6 cm³/mol. The van der Waals surface area contributed by atoms with Crippen LogP contribution in [0.25, 0.3) is 0 Å². The molecular formula is C9H8F2INO2. The van der Waals surface area contributed by atoms with Crippen LogP contribution >= 0.6 is 22.6 Å². The number of hydrogen-bond donors (Lipinski definition) is 0. The fraction of sp³-hybridized carbons (Fsp3) is 0.333.